The molecule has 1 N–H and O–H groups in total. The summed E-state index contributed by atoms with van der Waals surface area (Å²) in [6.07, 6.45) is -1.65. The summed E-state index contributed by atoms with van der Waals surface area (Å²) in [5, 5.41) is 11.5. The fraction of sp³-hybridized carbons (Fsp3) is 0.643. The van der Waals surface area contributed by atoms with Gasteiger partial charge in [0, 0.05) is 33.8 Å². The quantitative estimate of drug-likeness (QED) is 0.335. The van der Waals surface area contributed by atoms with E-state index < -0.39 is 60.5 Å². The van der Waals surface area contributed by atoms with Crippen molar-refractivity contribution in [2.45, 2.75) is 101 Å². The van der Waals surface area contributed by atoms with Gasteiger partial charge in [0.25, 0.3) is 0 Å². The van der Waals surface area contributed by atoms with Crippen LogP contribution >= 0.6 is 0 Å². The van der Waals surface area contributed by atoms with Crippen LogP contribution in [0.25, 0.3) is 0 Å². The maximum atomic E-state index is 11.8. The number of rotatable bonds is 11. The molecule has 9 atom stereocenters. The lowest BCUT2D eigenvalue weighted by atomic mass is 9.85. The normalized spacial score (nSPS) is 35.0. The predicted molar refractivity (Wildman–Crippen MR) is 134 cm³/mol. The van der Waals surface area contributed by atoms with Crippen molar-refractivity contribution >= 4 is 11.9 Å². The van der Waals surface area contributed by atoms with Crippen molar-refractivity contribution in [2.24, 2.45) is 0 Å². The van der Waals surface area contributed by atoms with E-state index in [4.69, 9.17) is 33.2 Å². The van der Waals surface area contributed by atoms with E-state index in [0.29, 0.717) is 19.3 Å². The van der Waals surface area contributed by atoms with Crippen LogP contribution in [0.5, 0.6) is 0 Å². The summed E-state index contributed by atoms with van der Waals surface area (Å²) in [5.74, 6) is -2.17. The Bertz CT molecular complexity index is 954. The van der Waals surface area contributed by atoms with Crippen LogP contribution in [0, 0.1) is 0 Å². The molecule has 0 aliphatic carbocycles. The highest BCUT2D eigenvalue weighted by Gasteiger charge is 2.64. The van der Waals surface area contributed by atoms with Gasteiger partial charge in [-0.15, -0.1) is 6.58 Å². The van der Waals surface area contributed by atoms with Gasteiger partial charge >= 0.3 is 11.9 Å². The van der Waals surface area contributed by atoms with Crippen molar-refractivity contribution in [3.05, 3.63) is 48.6 Å². The van der Waals surface area contributed by atoms with Gasteiger partial charge in [-0.25, -0.2) is 0 Å². The summed E-state index contributed by atoms with van der Waals surface area (Å²) < 4.78 is 41.9. The third-order valence-corrected chi connectivity index (χ3v) is 7.28. The third-order valence-electron chi connectivity index (χ3n) is 7.28. The average Bonchev–Trinajstić information content (AvgIpc) is 3.23. The van der Waals surface area contributed by atoms with Crippen LogP contribution in [0.3, 0.4) is 0 Å². The van der Waals surface area contributed by atoms with Crippen molar-refractivity contribution < 1.29 is 47.9 Å². The molecule has 3 aliphatic heterocycles. The molecular weight excluding hydrogens is 496 g/mol. The molecule has 3 saturated heterocycles. The van der Waals surface area contributed by atoms with E-state index in [9.17, 15) is 14.7 Å². The summed E-state index contributed by atoms with van der Waals surface area (Å²) in [4.78, 5) is 23.2. The first-order valence-corrected chi connectivity index (χ1v) is 13.0. The fourth-order valence-electron chi connectivity index (χ4n) is 5.56. The Labute approximate surface area is 223 Å². The first-order chi connectivity index (χ1) is 18.3. The highest BCUT2D eigenvalue weighted by Crippen LogP contribution is 2.47. The molecule has 0 spiro atoms. The lowest BCUT2D eigenvalue weighted by molar-refractivity contribution is -0.382. The van der Waals surface area contributed by atoms with Crippen LogP contribution in [0.2, 0.25) is 0 Å². The van der Waals surface area contributed by atoms with Crippen LogP contribution in [0.1, 0.15) is 45.1 Å². The molecular formula is C28H38O10. The first kappa shape index (κ1) is 28.7. The molecule has 4 rings (SSSR count). The summed E-state index contributed by atoms with van der Waals surface area (Å²) >= 11 is 0. The van der Waals surface area contributed by atoms with Gasteiger partial charge in [-0.1, -0.05) is 36.4 Å². The number of benzene rings is 1. The van der Waals surface area contributed by atoms with E-state index in [1.807, 2.05) is 30.3 Å². The Balaban J connectivity index is 1.58. The number of fused-ring (bicyclic) bond motifs is 2. The third kappa shape index (κ3) is 6.44. The van der Waals surface area contributed by atoms with Gasteiger partial charge in [0.1, 0.15) is 43.2 Å². The summed E-state index contributed by atoms with van der Waals surface area (Å²) in [7, 11) is 1.54. The second-order valence-corrected chi connectivity index (χ2v) is 10.0. The lowest BCUT2D eigenvalue weighted by Gasteiger charge is -2.52. The van der Waals surface area contributed by atoms with Gasteiger partial charge in [0.2, 0.25) is 0 Å². The fourth-order valence-corrected chi connectivity index (χ4v) is 5.56. The van der Waals surface area contributed by atoms with Crippen LogP contribution in [0.4, 0.5) is 0 Å². The van der Waals surface area contributed by atoms with Gasteiger partial charge in [0.15, 0.2) is 5.79 Å². The molecule has 0 amide bonds. The molecule has 10 nitrogen and oxygen atoms in total. The topological polar surface area (TPSA) is 119 Å². The van der Waals surface area contributed by atoms with E-state index in [0.717, 1.165) is 5.56 Å². The van der Waals surface area contributed by atoms with Gasteiger partial charge in [0.05, 0.1) is 18.8 Å². The molecule has 38 heavy (non-hydrogen) atoms. The Kier molecular flexibility index (Phi) is 9.56. The second kappa shape index (κ2) is 12.7. The largest absolute Gasteiger partial charge is 0.462 e. The number of methoxy groups -OCH3 is 1. The molecule has 0 aromatic heterocycles. The number of carbonyl (C=O) groups is 2. The van der Waals surface area contributed by atoms with Crippen LogP contribution in [-0.2, 0) is 49.4 Å². The molecule has 1 aromatic carbocycles. The van der Waals surface area contributed by atoms with Crippen molar-refractivity contribution in [3.63, 3.8) is 0 Å². The molecule has 0 radical (unpaired) electrons. The van der Waals surface area contributed by atoms with Crippen molar-refractivity contribution in [3.8, 4) is 0 Å². The lowest BCUT2D eigenvalue weighted by Crippen LogP contribution is -2.68. The van der Waals surface area contributed by atoms with Crippen LogP contribution in [0.15, 0.2) is 43.0 Å². The smallest absolute Gasteiger partial charge is 0.303 e. The number of esters is 2. The van der Waals surface area contributed by atoms with Crippen LogP contribution < -0.4 is 0 Å². The molecule has 0 bridgehead atoms. The van der Waals surface area contributed by atoms with Gasteiger partial charge in [-0.3, -0.25) is 9.59 Å². The van der Waals surface area contributed by atoms with E-state index >= 15 is 0 Å². The Morgan fingerprint density at radius 2 is 1.95 bits per heavy atom. The number of aliphatic hydroxyl groups is 1. The first-order valence-electron chi connectivity index (χ1n) is 13.0. The minimum Gasteiger partial charge on any atom is -0.462 e. The highest BCUT2D eigenvalue weighted by atomic mass is 16.7. The minimum absolute atomic E-state index is 0.116. The maximum absolute atomic E-state index is 11.8. The maximum Gasteiger partial charge on any atom is 0.303 e. The van der Waals surface area contributed by atoms with E-state index in [2.05, 4.69) is 6.58 Å². The van der Waals surface area contributed by atoms with Crippen molar-refractivity contribution in [2.75, 3.05) is 13.7 Å². The van der Waals surface area contributed by atoms with Gasteiger partial charge in [-0.05, 0) is 18.4 Å². The number of hydrogen-bond donors (Lipinski definition) is 1. The highest BCUT2D eigenvalue weighted by molar-refractivity contribution is 5.67. The van der Waals surface area contributed by atoms with Crippen LogP contribution in [-0.4, -0.2) is 85.4 Å². The van der Waals surface area contributed by atoms with Crippen molar-refractivity contribution in [1.82, 2.24) is 0 Å². The van der Waals surface area contributed by atoms with Gasteiger partial charge < -0.3 is 38.3 Å². The minimum atomic E-state index is -1.17. The molecule has 3 aliphatic rings. The summed E-state index contributed by atoms with van der Waals surface area (Å²) in [5.41, 5.74) is 0.954. The molecule has 3 fully saturated rings. The molecule has 10 heteroatoms. The summed E-state index contributed by atoms with van der Waals surface area (Å²) in [6, 6.07) is 9.66. The molecule has 1 aromatic rings. The monoisotopic (exact) mass is 534 g/mol. The van der Waals surface area contributed by atoms with E-state index in [1.54, 1.807) is 13.2 Å². The average molecular weight is 535 g/mol. The SMILES string of the molecule is C=CCC1CCC2(OC)O[C@@H]3[C@@H](OC(C[C@H](COC(C)=O)OC(C)=O)[C@@H]3OCc3ccccc3)[C@H](O)[C@H]2O1. The van der Waals surface area contributed by atoms with E-state index in [-0.39, 0.29) is 25.7 Å². The molecule has 0 saturated carbocycles. The zero-order valence-electron chi connectivity index (χ0n) is 22.2. The number of carbonyl (C=O) groups excluding carboxylic acids is 2. The molecule has 210 valence electrons. The Morgan fingerprint density at radius 3 is 2.61 bits per heavy atom. The van der Waals surface area contributed by atoms with Crippen molar-refractivity contribution in [1.29, 1.82) is 0 Å². The second-order valence-electron chi connectivity index (χ2n) is 10.0. The predicted octanol–water partition coefficient (Wildman–Crippen LogP) is 2.45. The Hall–Kier alpha value is -2.34. The zero-order chi connectivity index (χ0) is 27.3. The summed E-state index contributed by atoms with van der Waals surface area (Å²) in [6.45, 7) is 6.51. The Morgan fingerprint density at radius 1 is 1.18 bits per heavy atom. The molecule has 3 heterocycles. The van der Waals surface area contributed by atoms with E-state index in [1.165, 1.54) is 13.8 Å². The van der Waals surface area contributed by atoms with Gasteiger partial charge in [-0.2, -0.15) is 0 Å². The number of aliphatic hydroxyl groups excluding tert-OH is 1. The zero-order valence-corrected chi connectivity index (χ0v) is 22.2. The number of ether oxygens (including phenoxy) is 7. The number of hydrogen-bond acceptors (Lipinski definition) is 10. The molecule has 3 unspecified atom stereocenters. The standard InChI is InChI=1S/C28H38O10/c1-5-9-20-12-13-28(32-4)27(36-20)23(31)25-26(38-28)24(34-15-19-10-7-6-8-11-19)22(37-25)14-21(35-18(3)30)16-33-17(2)29/h5-8,10-11,20-27,31H,1,9,12-16H2,2-4H3/t20?,21-,22?,23+,24+,25+,26+,27-,28?/m1/s1.